The number of hydrogen-bond donors (Lipinski definition) is 0. The molecule has 132 valence electrons. The van der Waals surface area contributed by atoms with Crippen molar-refractivity contribution in [3.63, 3.8) is 0 Å². The number of nitrogens with zero attached hydrogens (tertiary/aromatic N) is 6. The Balaban J connectivity index is 1.34. The summed E-state index contributed by atoms with van der Waals surface area (Å²) in [6.07, 6.45) is 14.0. The standard InChI is InChI=1S/C18H24N6O/c1-2-4-15(3-1)14-25-18-13-20-12-17(22-18)24-9-7-23(8-10-24)16-11-19-5-6-21-16/h5-6,11-13,15H,1-4,7-10,14H2. The molecule has 7 nitrogen and oxygen atoms in total. The van der Waals surface area contributed by atoms with Gasteiger partial charge in [-0.15, -0.1) is 0 Å². The van der Waals surface area contributed by atoms with Crippen LogP contribution in [0.15, 0.2) is 31.0 Å². The van der Waals surface area contributed by atoms with Gasteiger partial charge in [0, 0.05) is 38.6 Å². The van der Waals surface area contributed by atoms with E-state index >= 15 is 0 Å². The van der Waals surface area contributed by atoms with Gasteiger partial charge in [-0.25, -0.2) is 4.98 Å². The van der Waals surface area contributed by atoms with Crippen LogP contribution in [-0.4, -0.2) is 52.7 Å². The van der Waals surface area contributed by atoms with E-state index in [1.807, 2.05) is 12.4 Å². The van der Waals surface area contributed by atoms with Crippen molar-refractivity contribution in [1.82, 2.24) is 19.9 Å². The maximum atomic E-state index is 5.88. The molecular formula is C18H24N6O. The van der Waals surface area contributed by atoms with Crippen molar-refractivity contribution in [1.29, 1.82) is 0 Å². The van der Waals surface area contributed by atoms with Gasteiger partial charge in [0.15, 0.2) is 5.82 Å². The van der Waals surface area contributed by atoms with Crippen molar-refractivity contribution in [2.45, 2.75) is 25.7 Å². The maximum absolute atomic E-state index is 5.88. The molecule has 0 unspecified atom stereocenters. The van der Waals surface area contributed by atoms with E-state index in [4.69, 9.17) is 4.74 Å². The molecule has 2 aromatic rings. The first-order valence-corrected chi connectivity index (χ1v) is 9.09. The van der Waals surface area contributed by atoms with Gasteiger partial charge in [-0.3, -0.25) is 9.97 Å². The number of hydrogen-bond acceptors (Lipinski definition) is 7. The molecule has 0 bridgehead atoms. The van der Waals surface area contributed by atoms with Crippen molar-refractivity contribution >= 4 is 11.6 Å². The van der Waals surface area contributed by atoms with Gasteiger partial charge < -0.3 is 14.5 Å². The Kier molecular flexibility index (Phi) is 4.90. The summed E-state index contributed by atoms with van der Waals surface area (Å²) >= 11 is 0. The summed E-state index contributed by atoms with van der Waals surface area (Å²) in [5, 5.41) is 0. The normalized spacial score (nSPS) is 18.6. The van der Waals surface area contributed by atoms with E-state index in [1.54, 1.807) is 18.6 Å². The molecule has 0 atom stereocenters. The summed E-state index contributed by atoms with van der Waals surface area (Å²) in [7, 11) is 0. The fraction of sp³-hybridized carbons (Fsp3) is 0.556. The Morgan fingerprint density at radius 3 is 2.32 bits per heavy atom. The predicted octanol–water partition coefficient (Wildman–Crippen LogP) is 2.16. The van der Waals surface area contributed by atoms with Gasteiger partial charge >= 0.3 is 0 Å². The van der Waals surface area contributed by atoms with E-state index in [1.165, 1.54) is 25.7 Å². The molecule has 0 radical (unpaired) electrons. The van der Waals surface area contributed by atoms with Gasteiger partial charge in [0.25, 0.3) is 0 Å². The Morgan fingerprint density at radius 1 is 0.880 bits per heavy atom. The van der Waals surface area contributed by atoms with Gasteiger partial charge in [-0.05, 0) is 18.8 Å². The van der Waals surface area contributed by atoms with Crippen LogP contribution in [0.5, 0.6) is 5.88 Å². The summed E-state index contributed by atoms with van der Waals surface area (Å²) in [5.41, 5.74) is 0. The average Bonchev–Trinajstić information content (AvgIpc) is 3.21. The van der Waals surface area contributed by atoms with Crippen LogP contribution < -0.4 is 14.5 Å². The van der Waals surface area contributed by atoms with Crippen molar-refractivity contribution in [2.75, 3.05) is 42.6 Å². The number of ether oxygens (including phenoxy) is 1. The quantitative estimate of drug-likeness (QED) is 0.826. The number of rotatable bonds is 5. The zero-order valence-electron chi connectivity index (χ0n) is 14.4. The van der Waals surface area contributed by atoms with Gasteiger partial charge in [-0.2, -0.15) is 4.98 Å². The average molecular weight is 340 g/mol. The molecule has 0 N–H and O–H groups in total. The van der Waals surface area contributed by atoms with Crippen LogP contribution in [0.4, 0.5) is 11.6 Å². The second-order valence-corrected chi connectivity index (χ2v) is 6.71. The van der Waals surface area contributed by atoms with Crippen molar-refractivity contribution in [2.24, 2.45) is 5.92 Å². The topological polar surface area (TPSA) is 67.3 Å². The number of aromatic nitrogens is 4. The minimum Gasteiger partial charge on any atom is -0.476 e. The highest BCUT2D eigenvalue weighted by Crippen LogP contribution is 2.25. The van der Waals surface area contributed by atoms with Gasteiger partial charge in [0.1, 0.15) is 5.82 Å². The summed E-state index contributed by atoms with van der Waals surface area (Å²) in [5.74, 6) is 3.14. The van der Waals surface area contributed by atoms with Crippen LogP contribution in [0, 0.1) is 5.92 Å². The zero-order chi connectivity index (χ0) is 16.9. The molecule has 2 fully saturated rings. The minimum absolute atomic E-state index is 0.640. The van der Waals surface area contributed by atoms with E-state index in [2.05, 4.69) is 29.7 Å². The molecule has 1 saturated heterocycles. The molecule has 1 aliphatic heterocycles. The lowest BCUT2D eigenvalue weighted by Gasteiger charge is -2.35. The fourth-order valence-electron chi connectivity index (χ4n) is 3.56. The molecule has 0 aromatic carbocycles. The Labute approximate surface area is 148 Å². The molecule has 0 amide bonds. The number of anilines is 2. The first-order valence-electron chi connectivity index (χ1n) is 9.09. The predicted molar refractivity (Wildman–Crippen MR) is 95.9 cm³/mol. The maximum Gasteiger partial charge on any atom is 0.234 e. The Morgan fingerprint density at radius 2 is 1.60 bits per heavy atom. The third-order valence-electron chi connectivity index (χ3n) is 5.02. The second kappa shape index (κ2) is 7.63. The first kappa shape index (κ1) is 16.1. The molecule has 4 rings (SSSR count). The molecule has 25 heavy (non-hydrogen) atoms. The lowest BCUT2D eigenvalue weighted by molar-refractivity contribution is 0.242. The highest BCUT2D eigenvalue weighted by atomic mass is 16.5. The second-order valence-electron chi connectivity index (χ2n) is 6.71. The molecule has 2 aliphatic rings. The monoisotopic (exact) mass is 340 g/mol. The van der Waals surface area contributed by atoms with Crippen LogP contribution >= 0.6 is 0 Å². The number of piperazine rings is 1. The Hall–Kier alpha value is -2.44. The van der Waals surface area contributed by atoms with Gasteiger partial charge in [-0.1, -0.05) is 12.8 Å². The highest BCUT2D eigenvalue weighted by molar-refractivity contribution is 5.43. The SMILES string of the molecule is c1cnc(N2CCN(c3cncc(OCC4CCCC4)n3)CC2)cn1. The Bertz CT molecular complexity index is 668. The third kappa shape index (κ3) is 3.97. The summed E-state index contributed by atoms with van der Waals surface area (Å²) in [6.45, 7) is 4.33. The molecular weight excluding hydrogens is 316 g/mol. The molecule has 2 aromatic heterocycles. The summed E-state index contributed by atoms with van der Waals surface area (Å²) in [4.78, 5) is 22.0. The van der Waals surface area contributed by atoms with Gasteiger partial charge in [0.2, 0.25) is 5.88 Å². The lowest BCUT2D eigenvalue weighted by Crippen LogP contribution is -2.47. The highest BCUT2D eigenvalue weighted by Gasteiger charge is 2.20. The van der Waals surface area contributed by atoms with Gasteiger partial charge in [0.05, 0.1) is 25.2 Å². The first-order chi connectivity index (χ1) is 12.4. The van der Waals surface area contributed by atoms with Crippen molar-refractivity contribution in [3.8, 4) is 5.88 Å². The van der Waals surface area contributed by atoms with Crippen LogP contribution in [-0.2, 0) is 0 Å². The lowest BCUT2D eigenvalue weighted by atomic mass is 10.1. The van der Waals surface area contributed by atoms with E-state index < -0.39 is 0 Å². The van der Waals surface area contributed by atoms with Crippen LogP contribution in [0.3, 0.4) is 0 Å². The van der Waals surface area contributed by atoms with E-state index in [0.717, 1.165) is 44.4 Å². The van der Waals surface area contributed by atoms with E-state index in [-0.39, 0.29) is 0 Å². The molecule has 7 heteroatoms. The van der Waals surface area contributed by atoms with Crippen LogP contribution in [0.1, 0.15) is 25.7 Å². The van der Waals surface area contributed by atoms with E-state index in [9.17, 15) is 0 Å². The minimum atomic E-state index is 0.640. The summed E-state index contributed by atoms with van der Waals surface area (Å²) in [6, 6.07) is 0. The van der Waals surface area contributed by atoms with Crippen molar-refractivity contribution < 1.29 is 4.74 Å². The smallest absolute Gasteiger partial charge is 0.234 e. The van der Waals surface area contributed by atoms with E-state index in [0.29, 0.717) is 11.8 Å². The largest absolute Gasteiger partial charge is 0.476 e. The summed E-state index contributed by atoms with van der Waals surface area (Å²) < 4.78 is 5.88. The molecule has 3 heterocycles. The van der Waals surface area contributed by atoms with Crippen LogP contribution in [0.25, 0.3) is 0 Å². The fourth-order valence-corrected chi connectivity index (χ4v) is 3.56. The zero-order valence-corrected chi connectivity index (χ0v) is 14.4. The van der Waals surface area contributed by atoms with Crippen molar-refractivity contribution in [3.05, 3.63) is 31.0 Å². The van der Waals surface area contributed by atoms with Crippen LogP contribution in [0.2, 0.25) is 0 Å². The molecule has 1 saturated carbocycles. The molecule has 0 spiro atoms. The molecule has 1 aliphatic carbocycles. The third-order valence-corrected chi connectivity index (χ3v) is 5.02.